The molecule has 3 rings (SSSR count). The highest BCUT2D eigenvalue weighted by molar-refractivity contribution is 6.03. The number of nitrogens with one attached hydrogen (secondary N) is 1. The average Bonchev–Trinajstić information content (AvgIpc) is 2.54. The largest absolute Gasteiger partial charge is 0.433 e. The number of alkyl halides is 3. The van der Waals surface area contributed by atoms with Gasteiger partial charge in [0.1, 0.15) is 11.4 Å². The Hall–Kier alpha value is -2.96. The molecule has 116 valence electrons. The predicted molar refractivity (Wildman–Crippen MR) is 78.9 cm³/mol. The third kappa shape index (κ3) is 3.28. The van der Waals surface area contributed by atoms with Crippen LogP contribution in [0.5, 0.6) is 0 Å². The zero-order valence-electron chi connectivity index (χ0n) is 11.6. The zero-order valence-corrected chi connectivity index (χ0v) is 11.6. The molecule has 0 aliphatic heterocycles. The summed E-state index contributed by atoms with van der Waals surface area (Å²) in [6.07, 6.45) is -3.16. The van der Waals surface area contributed by atoms with Crippen molar-refractivity contribution >= 4 is 22.5 Å². The summed E-state index contributed by atoms with van der Waals surface area (Å²) in [5.41, 5.74) is -0.287. The second-order valence-electron chi connectivity index (χ2n) is 4.78. The molecule has 0 fully saturated rings. The van der Waals surface area contributed by atoms with Crippen molar-refractivity contribution < 1.29 is 18.0 Å². The number of carbonyl (C=O) groups is 1. The predicted octanol–water partition coefficient (Wildman–Crippen LogP) is 3.90. The molecular formula is C16H10F3N3O. The normalized spacial score (nSPS) is 11.4. The monoisotopic (exact) mass is 317 g/mol. The number of benzene rings is 1. The van der Waals surface area contributed by atoms with Crippen LogP contribution in [0.25, 0.3) is 10.9 Å². The lowest BCUT2D eigenvalue weighted by Gasteiger charge is -2.08. The van der Waals surface area contributed by atoms with Crippen LogP contribution < -0.4 is 5.32 Å². The van der Waals surface area contributed by atoms with Crippen molar-refractivity contribution in [3.63, 3.8) is 0 Å². The van der Waals surface area contributed by atoms with Gasteiger partial charge in [0, 0.05) is 5.39 Å². The van der Waals surface area contributed by atoms with Crippen molar-refractivity contribution in [3.8, 4) is 0 Å². The molecule has 0 bridgehead atoms. The van der Waals surface area contributed by atoms with Crippen LogP contribution in [0, 0.1) is 0 Å². The molecule has 0 saturated carbocycles. The quantitative estimate of drug-likeness (QED) is 0.780. The second kappa shape index (κ2) is 5.68. The van der Waals surface area contributed by atoms with Gasteiger partial charge in [-0.1, -0.05) is 24.3 Å². The van der Waals surface area contributed by atoms with Crippen LogP contribution in [-0.4, -0.2) is 15.9 Å². The lowest BCUT2D eigenvalue weighted by Crippen LogP contribution is -2.17. The molecule has 3 aromatic rings. The van der Waals surface area contributed by atoms with Gasteiger partial charge in [0.15, 0.2) is 0 Å². The summed E-state index contributed by atoms with van der Waals surface area (Å²) >= 11 is 0. The van der Waals surface area contributed by atoms with E-state index in [2.05, 4.69) is 15.3 Å². The highest BCUT2D eigenvalue weighted by Gasteiger charge is 2.32. The Morgan fingerprint density at radius 2 is 1.83 bits per heavy atom. The van der Waals surface area contributed by atoms with Gasteiger partial charge in [-0.3, -0.25) is 9.78 Å². The van der Waals surface area contributed by atoms with Crippen LogP contribution in [0.3, 0.4) is 0 Å². The minimum atomic E-state index is -4.60. The number of nitrogens with zero attached hydrogens (tertiary/aromatic N) is 2. The average molecular weight is 317 g/mol. The number of para-hydroxylation sites is 1. The lowest BCUT2D eigenvalue weighted by atomic mass is 10.2. The van der Waals surface area contributed by atoms with Crippen molar-refractivity contribution in [2.75, 3.05) is 5.32 Å². The SMILES string of the molecule is O=C(Nc1cnc2ccccc2c1)c1cccc(C(F)(F)F)n1. The van der Waals surface area contributed by atoms with Crippen molar-refractivity contribution in [2.24, 2.45) is 0 Å². The summed E-state index contributed by atoms with van der Waals surface area (Å²) in [6.45, 7) is 0. The molecule has 7 heteroatoms. The fourth-order valence-electron chi connectivity index (χ4n) is 2.05. The summed E-state index contributed by atoms with van der Waals surface area (Å²) in [4.78, 5) is 19.6. The number of hydrogen-bond acceptors (Lipinski definition) is 3. The molecule has 1 N–H and O–H groups in total. The fourth-order valence-corrected chi connectivity index (χ4v) is 2.05. The van der Waals surface area contributed by atoms with Gasteiger partial charge in [-0.25, -0.2) is 4.98 Å². The first kappa shape index (κ1) is 15.0. The summed E-state index contributed by atoms with van der Waals surface area (Å²) in [7, 11) is 0. The van der Waals surface area contributed by atoms with Crippen LogP contribution in [-0.2, 0) is 6.18 Å². The van der Waals surface area contributed by atoms with Crippen LogP contribution in [0.1, 0.15) is 16.2 Å². The van der Waals surface area contributed by atoms with Crippen LogP contribution in [0.2, 0.25) is 0 Å². The molecule has 0 unspecified atom stereocenters. The van der Waals surface area contributed by atoms with Gasteiger partial charge in [0.05, 0.1) is 17.4 Å². The van der Waals surface area contributed by atoms with Crippen molar-refractivity contribution in [1.82, 2.24) is 9.97 Å². The van der Waals surface area contributed by atoms with E-state index >= 15 is 0 Å². The molecule has 0 atom stereocenters. The standard InChI is InChI=1S/C16H10F3N3O/c17-16(18,19)14-7-3-6-13(22-14)15(23)21-11-8-10-4-1-2-5-12(10)20-9-11/h1-9H,(H,21,23). The fraction of sp³-hybridized carbons (Fsp3) is 0.0625. The molecule has 23 heavy (non-hydrogen) atoms. The smallest absolute Gasteiger partial charge is 0.319 e. The Bertz CT molecular complexity index is 878. The number of fused-ring (bicyclic) bond motifs is 1. The van der Waals surface area contributed by atoms with Gasteiger partial charge in [0.2, 0.25) is 0 Å². The number of hydrogen-bond donors (Lipinski definition) is 1. The van der Waals surface area contributed by atoms with E-state index in [1.165, 1.54) is 12.3 Å². The van der Waals surface area contributed by atoms with E-state index in [-0.39, 0.29) is 5.69 Å². The van der Waals surface area contributed by atoms with Gasteiger partial charge in [-0.2, -0.15) is 13.2 Å². The minimum Gasteiger partial charge on any atom is -0.319 e. The molecule has 1 amide bonds. The Balaban J connectivity index is 1.86. The topological polar surface area (TPSA) is 54.9 Å². The number of halogens is 3. The first-order chi connectivity index (χ1) is 10.9. The van der Waals surface area contributed by atoms with Crippen molar-refractivity contribution in [3.05, 3.63) is 66.1 Å². The van der Waals surface area contributed by atoms with Crippen LogP contribution >= 0.6 is 0 Å². The number of carbonyl (C=O) groups excluding carboxylic acids is 1. The number of amides is 1. The first-order valence-corrected chi connectivity index (χ1v) is 6.64. The molecule has 0 aliphatic carbocycles. The van der Waals surface area contributed by atoms with E-state index in [1.54, 1.807) is 6.07 Å². The molecule has 2 heterocycles. The van der Waals surface area contributed by atoms with Crippen LogP contribution in [0.4, 0.5) is 18.9 Å². The lowest BCUT2D eigenvalue weighted by molar-refractivity contribution is -0.141. The summed E-state index contributed by atoms with van der Waals surface area (Å²) < 4.78 is 37.9. The van der Waals surface area contributed by atoms with E-state index in [0.717, 1.165) is 23.0 Å². The highest BCUT2D eigenvalue weighted by Crippen LogP contribution is 2.27. The molecular weight excluding hydrogens is 307 g/mol. The second-order valence-corrected chi connectivity index (χ2v) is 4.78. The number of aromatic nitrogens is 2. The zero-order chi connectivity index (χ0) is 16.4. The van der Waals surface area contributed by atoms with E-state index in [4.69, 9.17) is 0 Å². The van der Waals surface area contributed by atoms with E-state index in [9.17, 15) is 18.0 Å². The Labute approximate surface area is 129 Å². The molecule has 2 aromatic heterocycles. The van der Waals surface area contributed by atoms with Crippen LogP contribution in [0.15, 0.2) is 54.7 Å². The van der Waals surface area contributed by atoms with Gasteiger partial charge in [0.25, 0.3) is 5.91 Å². The maximum Gasteiger partial charge on any atom is 0.433 e. The van der Waals surface area contributed by atoms with Crippen molar-refractivity contribution in [1.29, 1.82) is 0 Å². The highest BCUT2D eigenvalue weighted by atomic mass is 19.4. The Kier molecular flexibility index (Phi) is 3.69. The molecule has 1 aromatic carbocycles. The Morgan fingerprint density at radius 1 is 1.04 bits per heavy atom. The number of rotatable bonds is 2. The third-order valence-corrected chi connectivity index (χ3v) is 3.12. The van der Waals surface area contributed by atoms with Gasteiger partial charge >= 0.3 is 6.18 Å². The van der Waals surface area contributed by atoms with Gasteiger partial charge < -0.3 is 5.32 Å². The minimum absolute atomic E-state index is 0.312. The Morgan fingerprint density at radius 3 is 2.61 bits per heavy atom. The maximum atomic E-state index is 12.6. The van der Waals surface area contributed by atoms with Gasteiger partial charge in [-0.05, 0) is 24.3 Å². The third-order valence-electron chi connectivity index (χ3n) is 3.12. The molecule has 0 saturated heterocycles. The molecule has 0 radical (unpaired) electrons. The van der Waals surface area contributed by atoms with E-state index in [1.807, 2.05) is 24.3 Å². The first-order valence-electron chi connectivity index (χ1n) is 6.64. The van der Waals surface area contributed by atoms with Gasteiger partial charge in [-0.15, -0.1) is 0 Å². The summed E-state index contributed by atoms with van der Waals surface area (Å²) in [5, 5.41) is 3.31. The molecule has 0 aliphatic rings. The maximum absolute atomic E-state index is 12.6. The van der Waals surface area contributed by atoms with E-state index < -0.39 is 17.8 Å². The molecule has 0 spiro atoms. The number of anilines is 1. The summed E-state index contributed by atoms with van der Waals surface area (Å²) in [5.74, 6) is -0.729. The number of pyridine rings is 2. The summed E-state index contributed by atoms with van der Waals surface area (Å²) in [6, 6.07) is 12.2. The van der Waals surface area contributed by atoms with Crippen molar-refractivity contribution in [2.45, 2.75) is 6.18 Å². The van der Waals surface area contributed by atoms with E-state index in [0.29, 0.717) is 5.69 Å². The molecule has 4 nitrogen and oxygen atoms in total.